The number of rotatable bonds is 1. The molecule has 0 bridgehead atoms. The summed E-state index contributed by atoms with van der Waals surface area (Å²) < 4.78 is 6.36. The molecule has 1 amide bonds. The maximum atomic E-state index is 10.9. The van der Waals surface area contributed by atoms with Crippen molar-refractivity contribution < 1.29 is 14.6 Å². The number of halogens is 2. The molecule has 2 N–H and O–H groups in total. The quantitative estimate of drug-likeness (QED) is 0.672. The van der Waals surface area contributed by atoms with Gasteiger partial charge in [0.15, 0.2) is 0 Å². The monoisotopic (exact) mass is 431 g/mol. The molecular formula is C9H7I2NO3. The van der Waals surface area contributed by atoms with E-state index in [1.54, 1.807) is 0 Å². The van der Waals surface area contributed by atoms with Gasteiger partial charge in [-0.05, 0) is 62.9 Å². The van der Waals surface area contributed by atoms with E-state index in [9.17, 15) is 9.90 Å². The average molecular weight is 431 g/mol. The van der Waals surface area contributed by atoms with Crippen LogP contribution < -0.4 is 5.32 Å². The number of phenols is 1. The molecule has 6 heteroatoms. The third kappa shape index (κ3) is 2.30. The van der Waals surface area contributed by atoms with Crippen LogP contribution in [0.2, 0.25) is 0 Å². The first kappa shape index (κ1) is 11.2. The highest BCUT2D eigenvalue weighted by atomic mass is 127. The lowest BCUT2D eigenvalue weighted by Crippen LogP contribution is -2.18. The molecule has 80 valence electrons. The maximum absolute atomic E-state index is 10.9. The maximum Gasteiger partial charge on any atom is 0.407 e. The van der Waals surface area contributed by atoms with E-state index in [1.807, 2.05) is 12.1 Å². The first-order valence-electron chi connectivity index (χ1n) is 4.19. The van der Waals surface area contributed by atoms with Gasteiger partial charge in [-0.25, -0.2) is 4.79 Å². The highest BCUT2D eigenvalue weighted by Gasteiger charge is 2.24. The summed E-state index contributed by atoms with van der Waals surface area (Å²) >= 11 is 4.12. The Bertz CT molecular complexity index is 399. The number of benzene rings is 1. The lowest BCUT2D eigenvalue weighted by molar-refractivity contribution is 0.177. The molecule has 0 radical (unpaired) electrons. The van der Waals surface area contributed by atoms with Gasteiger partial charge in [-0.15, -0.1) is 0 Å². The lowest BCUT2D eigenvalue weighted by Gasteiger charge is -2.10. The number of carbonyl (C=O) groups excluding carboxylic acids is 1. The van der Waals surface area contributed by atoms with Crippen LogP contribution in [0.15, 0.2) is 12.1 Å². The number of ether oxygens (including phenoxy) is 1. The van der Waals surface area contributed by atoms with Crippen molar-refractivity contribution in [2.75, 3.05) is 6.61 Å². The van der Waals surface area contributed by atoms with E-state index >= 15 is 0 Å². The van der Waals surface area contributed by atoms with Gasteiger partial charge in [-0.2, -0.15) is 0 Å². The van der Waals surface area contributed by atoms with Gasteiger partial charge in [0.2, 0.25) is 0 Å². The molecule has 1 aromatic carbocycles. The average Bonchev–Trinajstić information content (AvgIpc) is 2.60. The van der Waals surface area contributed by atoms with Gasteiger partial charge in [0.05, 0.1) is 13.2 Å². The Morgan fingerprint density at radius 3 is 2.47 bits per heavy atom. The Kier molecular flexibility index (Phi) is 3.24. The van der Waals surface area contributed by atoms with Crippen LogP contribution in [-0.2, 0) is 4.74 Å². The first-order chi connectivity index (χ1) is 7.08. The molecule has 1 saturated heterocycles. The minimum Gasteiger partial charge on any atom is -0.506 e. The predicted molar refractivity (Wildman–Crippen MR) is 70.8 cm³/mol. The van der Waals surface area contributed by atoms with E-state index in [1.165, 1.54) is 0 Å². The minimum absolute atomic E-state index is 0.111. The van der Waals surface area contributed by atoms with Crippen LogP contribution in [0.3, 0.4) is 0 Å². The number of carbonyl (C=O) groups is 1. The first-order valence-corrected chi connectivity index (χ1v) is 6.35. The van der Waals surface area contributed by atoms with Gasteiger partial charge in [-0.1, -0.05) is 0 Å². The van der Waals surface area contributed by atoms with E-state index in [4.69, 9.17) is 4.74 Å². The number of nitrogens with one attached hydrogen (secondary N) is 1. The summed E-state index contributed by atoms with van der Waals surface area (Å²) in [7, 11) is 0. The second kappa shape index (κ2) is 4.32. The zero-order chi connectivity index (χ0) is 11.0. The topological polar surface area (TPSA) is 58.6 Å². The SMILES string of the molecule is O=C1N[C@@H](c2cc(I)c(O)c(I)c2)CO1. The second-order valence-corrected chi connectivity index (χ2v) is 5.45. The number of hydrogen-bond donors (Lipinski definition) is 2. The van der Waals surface area contributed by atoms with Gasteiger partial charge in [-0.3, -0.25) is 0 Å². The number of amides is 1. The van der Waals surface area contributed by atoms with E-state index in [-0.39, 0.29) is 11.8 Å². The molecule has 1 heterocycles. The Labute approximate surface area is 114 Å². The number of phenolic OH excluding ortho intramolecular Hbond substituents is 1. The van der Waals surface area contributed by atoms with Crippen LogP contribution in [0, 0.1) is 7.14 Å². The van der Waals surface area contributed by atoms with Gasteiger partial charge >= 0.3 is 6.09 Å². The number of hydrogen-bond acceptors (Lipinski definition) is 3. The van der Waals surface area contributed by atoms with Crippen molar-refractivity contribution in [1.82, 2.24) is 5.32 Å². The van der Waals surface area contributed by atoms with E-state index < -0.39 is 6.09 Å². The largest absolute Gasteiger partial charge is 0.506 e. The molecule has 1 aliphatic heterocycles. The third-order valence-electron chi connectivity index (χ3n) is 2.11. The van der Waals surface area contributed by atoms with Gasteiger partial charge in [0, 0.05) is 0 Å². The number of cyclic esters (lactones) is 1. The van der Waals surface area contributed by atoms with E-state index in [0.29, 0.717) is 6.61 Å². The molecule has 0 aliphatic carbocycles. The standard InChI is InChI=1S/C9H7I2NO3/c10-5-1-4(2-6(11)8(5)13)7-3-15-9(14)12-7/h1-2,7,13H,3H2,(H,12,14)/t7-/m1/s1. The fraction of sp³-hybridized carbons (Fsp3) is 0.222. The summed E-state index contributed by atoms with van der Waals surface area (Å²) in [6, 6.07) is 3.58. The summed E-state index contributed by atoms with van der Waals surface area (Å²) in [5.41, 5.74) is 0.951. The lowest BCUT2D eigenvalue weighted by atomic mass is 10.1. The number of aromatic hydroxyl groups is 1. The van der Waals surface area contributed by atoms with Gasteiger partial charge < -0.3 is 15.2 Å². The zero-order valence-electron chi connectivity index (χ0n) is 7.46. The van der Waals surface area contributed by atoms with Crippen LogP contribution in [0.5, 0.6) is 5.75 Å². The molecule has 15 heavy (non-hydrogen) atoms. The molecule has 0 aromatic heterocycles. The highest BCUT2D eigenvalue weighted by molar-refractivity contribution is 14.1. The van der Waals surface area contributed by atoms with E-state index in [2.05, 4.69) is 50.5 Å². The molecule has 1 aromatic rings. The Balaban J connectivity index is 2.33. The molecule has 0 spiro atoms. The van der Waals surface area contributed by atoms with Crippen LogP contribution in [0.25, 0.3) is 0 Å². The Hall–Kier alpha value is -0.250. The molecule has 1 fully saturated rings. The minimum atomic E-state index is -0.391. The third-order valence-corrected chi connectivity index (χ3v) is 3.76. The van der Waals surface area contributed by atoms with Crippen molar-refractivity contribution in [2.45, 2.75) is 6.04 Å². The molecule has 2 rings (SSSR count). The van der Waals surface area contributed by atoms with Gasteiger partial charge in [0.1, 0.15) is 12.4 Å². The highest BCUT2D eigenvalue weighted by Crippen LogP contribution is 2.30. The van der Waals surface area contributed by atoms with Crippen LogP contribution >= 0.6 is 45.2 Å². The van der Waals surface area contributed by atoms with Crippen molar-refractivity contribution in [3.8, 4) is 5.75 Å². The van der Waals surface area contributed by atoms with Crippen LogP contribution in [0.1, 0.15) is 11.6 Å². The summed E-state index contributed by atoms with van der Waals surface area (Å²) in [6.07, 6.45) is -0.391. The van der Waals surface area contributed by atoms with Crippen molar-refractivity contribution in [1.29, 1.82) is 0 Å². The van der Waals surface area contributed by atoms with Crippen LogP contribution in [-0.4, -0.2) is 17.8 Å². The Morgan fingerprint density at radius 2 is 2.00 bits per heavy atom. The Morgan fingerprint density at radius 1 is 1.40 bits per heavy atom. The zero-order valence-corrected chi connectivity index (χ0v) is 11.8. The molecular weight excluding hydrogens is 424 g/mol. The number of alkyl carbamates (subject to hydrolysis) is 1. The van der Waals surface area contributed by atoms with Crippen molar-refractivity contribution >= 4 is 51.3 Å². The van der Waals surface area contributed by atoms with Crippen molar-refractivity contribution in [2.24, 2.45) is 0 Å². The summed E-state index contributed by atoms with van der Waals surface area (Å²) in [4.78, 5) is 10.9. The molecule has 4 nitrogen and oxygen atoms in total. The summed E-state index contributed by atoms with van der Waals surface area (Å²) in [6.45, 7) is 0.343. The normalized spacial score (nSPS) is 19.9. The molecule has 1 aliphatic rings. The van der Waals surface area contributed by atoms with Crippen LogP contribution in [0.4, 0.5) is 4.79 Å². The summed E-state index contributed by atoms with van der Waals surface area (Å²) in [5, 5.41) is 12.3. The van der Waals surface area contributed by atoms with Crippen molar-refractivity contribution in [3.63, 3.8) is 0 Å². The van der Waals surface area contributed by atoms with Crippen molar-refractivity contribution in [3.05, 3.63) is 24.8 Å². The van der Waals surface area contributed by atoms with E-state index in [0.717, 1.165) is 12.7 Å². The fourth-order valence-electron chi connectivity index (χ4n) is 1.35. The molecule has 0 saturated carbocycles. The fourth-order valence-corrected chi connectivity index (χ4v) is 3.17. The van der Waals surface area contributed by atoms with Gasteiger partial charge in [0.25, 0.3) is 0 Å². The summed E-state index contributed by atoms with van der Waals surface area (Å²) in [5.74, 6) is 0.283. The molecule has 1 atom stereocenters. The smallest absolute Gasteiger partial charge is 0.407 e. The second-order valence-electron chi connectivity index (χ2n) is 3.13. The molecule has 0 unspecified atom stereocenters. The predicted octanol–water partition coefficient (Wildman–Crippen LogP) is 2.38.